The molecule has 1 aliphatic rings. The summed E-state index contributed by atoms with van der Waals surface area (Å²) >= 11 is 0. The molecule has 0 unspecified atom stereocenters. The number of halogens is 1. The molecule has 1 aromatic carbocycles. The summed E-state index contributed by atoms with van der Waals surface area (Å²) in [5, 5.41) is 0. The van der Waals surface area contributed by atoms with Gasteiger partial charge in [0, 0.05) is 24.5 Å². The van der Waals surface area contributed by atoms with Crippen molar-refractivity contribution in [3.63, 3.8) is 0 Å². The molecule has 3 nitrogen and oxygen atoms in total. The van der Waals surface area contributed by atoms with Crippen LogP contribution in [-0.2, 0) is 0 Å². The molecule has 0 spiro atoms. The molecule has 1 aliphatic heterocycles. The molecular weight excluding hydrogens is 255 g/mol. The zero-order valence-corrected chi connectivity index (χ0v) is 11.0. The smallest absolute Gasteiger partial charge is 0.255 e. The third-order valence-electron chi connectivity index (χ3n) is 3.69. The number of nitrogens with zero attached hydrogens (tertiary/aromatic N) is 2. The molecule has 1 saturated heterocycles. The van der Waals surface area contributed by atoms with Crippen molar-refractivity contribution in [1.29, 1.82) is 0 Å². The Morgan fingerprint density at radius 2 is 2.10 bits per heavy atom. The quantitative estimate of drug-likeness (QED) is 0.839. The monoisotopic (exact) mass is 270 g/mol. The number of hydrogen-bond donors (Lipinski definition) is 0. The molecule has 2 heterocycles. The van der Waals surface area contributed by atoms with Crippen LogP contribution in [0, 0.1) is 5.82 Å². The van der Waals surface area contributed by atoms with Gasteiger partial charge in [0.2, 0.25) is 0 Å². The Labute approximate surface area is 117 Å². The van der Waals surface area contributed by atoms with Gasteiger partial charge in [-0.15, -0.1) is 0 Å². The number of likely N-dealkylation sites (tertiary alicyclic amines) is 1. The van der Waals surface area contributed by atoms with Crippen molar-refractivity contribution >= 4 is 5.91 Å². The van der Waals surface area contributed by atoms with Crippen LogP contribution in [0.3, 0.4) is 0 Å². The molecule has 102 valence electrons. The van der Waals surface area contributed by atoms with E-state index in [1.165, 1.54) is 6.07 Å². The molecule has 3 rings (SSSR count). The summed E-state index contributed by atoms with van der Waals surface area (Å²) in [6.07, 6.45) is 4.88. The zero-order chi connectivity index (χ0) is 13.9. The van der Waals surface area contributed by atoms with E-state index in [1.54, 1.807) is 41.6 Å². The summed E-state index contributed by atoms with van der Waals surface area (Å²) in [4.78, 5) is 18.2. The fraction of sp³-hybridized carbons (Fsp3) is 0.250. The number of aromatic nitrogens is 1. The van der Waals surface area contributed by atoms with Gasteiger partial charge in [-0.2, -0.15) is 0 Å². The van der Waals surface area contributed by atoms with Crippen LogP contribution in [0.15, 0.2) is 48.8 Å². The van der Waals surface area contributed by atoms with E-state index in [2.05, 4.69) is 4.98 Å². The minimum absolute atomic E-state index is 0.0798. The first-order valence-electron chi connectivity index (χ1n) is 6.73. The fourth-order valence-electron chi connectivity index (χ4n) is 2.73. The van der Waals surface area contributed by atoms with Crippen LogP contribution in [0.4, 0.5) is 4.39 Å². The predicted octanol–water partition coefficient (Wildman–Crippen LogP) is 3.20. The second kappa shape index (κ2) is 5.41. The van der Waals surface area contributed by atoms with Gasteiger partial charge in [0.25, 0.3) is 5.91 Å². The minimum atomic E-state index is -0.247. The lowest BCUT2D eigenvalue weighted by Gasteiger charge is -2.25. The highest BCUT2D eigenvalue weighted by Crippen LogP contribution is 2.34. The Morgan fingerprint density at radius 1 is 1.25 bits per heavy atom. The Balaban J connectivity index is 1.90. The number of hydrogen-bond acceptors (Lipinski definition) is 2. The maximum absolute atomic E-state index is 13.9. The van der Waals surface area contributed by atoms with Gasteiger partial charge in [0.05, 0.1) is 11.6 Å². The van der Waals surface area contributed by atoms with Gasteiger partial charge in [-0.25, -0.2) is 4.39 Å². The van der Waals surface area contributed by atoms with E-state index in [0.717, 1.165) is 12.8 Å². The first-order chi connectivity index (χ1) is 9.77. The van der Waals surface area contributed by atoms with E-state index in [9.17, 15) is 9.18 Å². The first kappa shape index (κ1) is 12.8. The predicted molar refractivity (Wildman–Crippen MR) is 73.6 cm³/mol. The van der Waals surface area contributed by atoms with Gasteiger partial charge >= 0.3 is 0 Å². The van der Waals surface area contributed by atoms with Crippen LogP contribution in [-0.4, -0.2) is 22.3 Å². The third-order valence-corrected chi connectivity index (χ3v) is 3.69. The number of carbonyl (C=O) groups is 1. The van der Waals surface area contributed by atoms with Crippen molar-refractivity contribution in [3.05, 3.63) is 65.7 Å². The zero-order valence-electron chi connectivity index (χ0n) is 11.0. The highest BCUT2D eigenvalue weighted by atomic mass is 19.1. The topological polar surface area (TPSA) is 33.2 Å². The highest BCUT2D eigenvalue weighted by molar-refractivity contribution is 5.94. The van der Waals surface area contributed by atoms with Crippen LogP contribution in [0.5, 0.6) is 0 Å². The van der Waals surface area contributed by atoms with Crippen molar-refractivity contribution in [3.8, 4) is 0 Å². The third kappa shape index (κ3) is 2.29. The lowest BCUT2D eigenvalue weighted by Crippen LogP contribution is -2.31. The molecule has 0 radical (unpaired) electrons. The van der Waals surface area contributed by atoms with E-state index >= 15 is 0 Å². The van der Waals surface area contributed by atoms with Crippen molar-refractivity contribution < 1.29 is 9.18 Å². The van der Waals surface area contributed by atoms with Gasteiger partial charge in [0.1, 0.15) is 5.82 Å². The summed E-state index contributed by atoms with van der Waals surface area (Å²) in [5.41, 5.74) is 1.15. The number of carbonyl (C=O) groups excluding carboxylic acids is 1. The molecule has 0 saturated carbocycles. The lowest BCUT2D eigenvalue weighted by atomic mass is 10.0. The standard InChI is InChI=1S/C16H15FN2O/c17-14-7-2-1-6-13(14)15-8-4-10-19(15)16(20)12-5-3-9-18-11-12/h1-3,5-7,9,11,15H,4,8,10H2/t15-/m0/s1. The summed E-state index contributed by atoms with van der Waals surface area (Å²) in [6, 6.07) is 9.98. The van der Waals surface area contributed by atoms with Crippen LogP contribution in [0.25, 0.3) is 0 Å². The summed E-state index contributed by atoms with van der Waals surface area (Å²) in [5.74, 6) is -0.327. The van der Waals surface area contributed by atoms with Crippen LogP contribution >= 0.6 is 0 Å². The van der Waals surface area contributed by atoms with Crippen molar-refractivity contribution in [1.82, 2.24) is 9.88 Å². The molecule has 1 atom stereocenters. The number of amides is 1. The largest absolute Gasteiger partial charge is 0.331 e. The van der Waals surface area contributed by atoms with Crippen molar-refractivity contribution in [2.75, 3.05) is 6.54 Å². The van der Waals surface area contributed by atoms with Gasteiger partial charge < -0.3 is 4.90 Å². The first-order valence-corrected chi connectivity index (χ1v) is 6.73. The lowest BCUT2D eigenvalue weighted by molar-refractivity contribution is 0.0733. The second-order valence-electron chi connectivity index (χ2n) is 4.92. The average Bonchev–Trinajstić information content (AvgIpc) is 2.97. The van der Waals surface area contributed by atoms with E-state index in [4.69, 9.17) is 0 Å². The van der Waals surface area contributed by atoms with Gasteiger partial charge in [-0.3, -0.25) is 9.78 Å². The summed E-state index contributed by atoms with van der Waals surface area (Å²) < 4.78 is 13.9. The maximum Gasteiger partial charge on any atom is 0.255 e. The number of rotatable bonds is 2. The normalized spacial score (nSPS) is 18.2. The van der Waals surface area contributed by atoms with Crippen LogP contribution < -0.4 is 0 Å². The van der Waals surface area contributed by atoms with E-state index in [0.29, 0.717) is 17.7 Å². The van der Waals surface area contributed by atoms with E-state index in [-0.39, 0.29) is 17.8 Å². The summed E-state index contributed by atoms with van der Waals surface area (Å²) in [6.45, 7) is 0.659. The Hall–Kier alpha value is -2.23. The Bertz CT molecular complexity index is 615. The van der Waals surface area contributed by atoms with Crippen molar-refractivity contribution in [2.24, 2.45) is 0 Å². The van der Waals surface area contributed by atoms with Gasteiger partial charge in [-0.05, 0) is 31.0 Å². The second-order valence-corrected chi connectivity index (χ2v) is 4.92. The molecule has 20 heavy (non-hydrogen) atoms. The van der Waals surface area contributed by atoms with Gasteiger partial charge in [0.15, 0.2) is 0 Å². The number of pyridine rings is 1. The van der Waals surface area contributed by atoms with Crippen LogP contribution in [0.1, 0.15) is 34.8 Å². The molecule has 1 aromatic heterocycles. The molecule has 0 N–H and O–H groups in total. The molecule has 1 amide bonds. The van der Waals surface area contributed by atoms with E-state index in [1.807, 2.05) is 6.07 Å². The molecule has 2 aromatic rings. The molecular formula is C16H15FN2O. The number of benzene rings is 1. The minimum Gasteiger partial charge on any atom is -0.331 e. The maximum atomic E-state index is 13.9. The van der Waals surface area contributed by atoms with Crippen molar-refractivity contribution in [2.45, 2.75) is 18.9 Å². The van der Waals surface area contributed by atoms with Crippen LogP contribution in [0.2, 0.25) is 0 Å². The SMILES string of the molecule is O=C(c1cccnc1)N1CCC[C@H]1c1ccccc1F. The fourth-order valence-corrected chi connectivity index (χ4v) is 2.73. The highest BCUT2D eigenvalue weighted by Gasteiger charge is 2.32. The molecule has 0 aliphatic carbocycles. The Morgan fingerprint density at radius 3 is 2.85 bits per heavy atom. The van der Waals surface area contributed by atoms with E-state index < -0.39 is 0 Å². The molecule has 4 heteroatoms. The molecule has 0 bridgehead atoms. The average molecular weight is 270 g/mol. The summed E-state index contributed by atoms with van der Waals surface area (Å²) in [7, 11) is 0. The molecule has 1 fully saturated rings. The Kier molecular flexibility index (Phi) is 3.46. The van der Waals surface area contributed by atoms with Gasteiger partial charge in [-0.1, -0.05) is 18.2 Å².